The zero-order valence-electron chi connectivity index (χ0n) is 17.8. The summed E-state index contributed by atoms with van der Waals surface area (Å²) in [6, 6.07) is 18.1. The molecule has 0 aliphatic carbocycles. The van der Waals surface area contributed by atoms with E-state index in [1.807, 2.05) is 41.3 Å². The molecular weight excluding hydrogens is 449 g/mol. The minimum atomic E-state index is -0.321. The molecule has 3 aromatic rings. The average molecular weight is 472 g/mol. The Balaban J connectivity index is 1.68. The third-order valence-electron chi connectivity index (χ3n) is 5.53. The van der Waals surface area contributed by atoms with Crippen LogP contribution >= 0.6 is 23.2 Å². The van der Waals surface area contributed by atoms with Crippen LogP contribution in [0.1, 0.15) is 22.7 Å². The van der Waals surface area contributed by atoms with Crippen molar-refractivity contribution in [2.45, 2.75) is 12.5 Å². The number of fused-ring (bicyclic) bond motifs is 1. The number of hydrogen-bond acceptors (Lipinski definition) is 4. The molecule has 5 nitrogen and oxygen atoms in total. The Morgan fingerprint density at radius 2 is 1.69 bits per heavy atom. The van der Waals surface area contributed by atoms with Crippen molar-refractivity contribution in [1.29, 1.82) is 0 Å². The first-order chi connectivity index (χ1) is 15.5. The molecule has 32 heavy (non-hydrogen) atoms. The maximum atomic E-state index is 13.3. The lowest BCUT2D eigenvalue weighted by Crippen LogP contribution is -2.43. The van der Waals surface area contributed by atoms with E-state index in [9.17, 15) is 4.79 Å². The Bertz CT molecular complexity index is 1120. The van der Waals surface area contributed by atoms with E-state index in [0.29, 0.717) is 40.3 Å². The van der Waals surface area contributed by atoms with Crippen LogP contribution in [0.2, 0.25) is 10.0 Å². The van der Waals surface area contributed by atoms with Crippen molar-refractivity contribution in [3.05, 3.63) is 87.4 Å². The molecule has 1 amide bonds. The molecule has 0 saturated heterocycles. The Kier molecular flexibility index (Phi) is 6.77. The second kappa shape index (κ2) is 9.72. The summed E-state index contributed by atoms with van der Waals surface area (Å²) in [5.41, 5.74) is 3.01. The lowest BCUT2D eigenvalue weighted by Gasteiger charge is -2.38. The highest BCUT2D eigenvalue weighted by atomic mass is 35.5. The Hall–Kier alpha value is -2.89. The fraction of sp³-hybridized carbons (Fsp3) is 0.240. The predicted molar refractivity (Wildman–Crippen MR) is 125 cm³/mol. The molecule has 0 N–H and O–H groups in total. The van der Waals surface area contributed by atoms with Gasteiger partial charge in [0.15, 0.2) is 18.1 Å². The average Bonchev–Trinajstić information content (AvgIpc) is 2.81. The zero-order valence-corrected chi connectivity index (χ0v) is 19.3. The van der Waals surface area contributed by atoms with Crippen LogP contribution in [0, 0.1) is 0 Å². The molecule has 0 bridgehead atoms. The SMILES string of the molecule is COc1cc2c(cc1OC)[C@@H](c1cccc(Cl)c1)N(C(=O)COc1ccc(Cl)cc1)CC2. The van der Waals surface area contributed by atoms with Crippen molar-refractivity contribution < 1.29 is 19.0 Å². The molecule has 166 valence electrons. The highest BCUT2D eigenvalue weighted by molar-refractivity contribution is 6.30. The third-order valence-corrected chi connectivity index (χ3v) is 6.02. The number of rotatable bonds is 6. The smallest absolute Gasteiger partial charge is 0.261 e. The highest BCUT2D eigenvalue weighted by Crippen LogP contribution is 2.41. The van der Waals surface area contributed by atoms with E-state index in [1.54, 1.807) is 38.5 Å². The summed E-state index contributed by atoms with van der Waals surface area (Å²) in [4.78, 5) is 15.1. The molecular formula is C25H23Cl2NO4. The standard InChI is InChI=1S/C25H23Cl2NO4/c1-30-22-13-16-10-11-28(24(29)15-32-20-8-6-18(26)7-9-20)25(21(16)14-23(22)31-2)17-4-3-5-19(27)12-17/h3-9,12-14,25H,10-11,15H2,1-2H3/t25-/m1/s1. The lowest BCUT2D eigenvalue weighted by atomic mass is 9.87. The summed E-state index contributed by atoms with van der Waals surface area (Å²) >= 11 is 12.2. The summed E-state index contributed by atoms with van der Waals surface area (Å²) in [6.45, 7) is 0.462. The van der Waals surface area contributed by atoms with Crippen LogP contribution in [0.25, 0.3) is 0 Å². The van der Waals surface area contributed by atoms with Gasteiger partial charge in [0.05, 0.1) is 20.3 Å². The Labute approximate surface area is 197 Å². The topological polar surface area (TPSA) is 48.0 Å². The van der Waals surface area contributed by atoms with Gasteiger partial charge in [-0.15, -0.1) is 0 Å². The first-order valence-electron chi connectivity index (χ1n) is 10.2. The number of methoxy groups -OCH3 is 2. The van der Waals surface area contributed by atoms with Gasteiger partial charge in [0.1, 0.15) is 5.75 Å². The normalized spacial score (nSPS) is 15.1. The van der Waals surface area contributed by atoms with Gasteiger partial charge in [-0.3, -0.25) is 4.79 Å². The number of ether oxygens (including phenoxy) is 3. The van der Waals surface area contributed by atoms with Crippen LogP contribution in [0.4, 0.5) is 0 Å². The first-order valence-corrected chi connectivity index (χ1v) is 10.9. The van der Waals surface area contributed by atoms with Gasteiger partial charge < -0.3 is 19.1 Å². The minimum absolute atomic E-state index is 0.0820. The minimum Gasteiger partial charge on any atom is -0.493 e. The molecule has 3 aromatic carbocycles. The maximum absolute atomic E-state index is 13.3. The Morgan fingerprint density at radius 3 is 2.38 bits per heavy atom. The zero-order chi connectivity index (χ0) is 22.7. The Morgan fingerprint density at radius 1 is 0.969 bits per heavy atom. The van der Waals surface area contributed by atoms with Crippen molar-refractivity contribution in [1.82, 2.24) is 4.90 Å². The first kappa shape index (κ1) is 22.3. The van der Waals surface area contributed by atoms with Gasteiger partial charge in [-0.25, -0.2) is 0 Å². The maximum Gasteiger partial charge on any atom is 0.261 e. The monoisotopic (exact) mass is 471 g/mol. The summed E-state index contributed by atoms with van der Waals surface area (Å²) in [5.74, 6) is 1.75. The molecule has 1 heterocycles. The second-order valence-corrected chi connectivity index (χ2v) is 8.32. The largest absolute Gasteiger partial charge is 0.493 e. The van der Waals surface area contributed by atoms with E-state index in [4.69, 9.17) is 37.4 Å². The molecule has 0 saturated carbocycles. The van der Waals surface area contributed by atoms with Crippen LogP contribution < -0.4 is 14.2 Å². The number of carbonyl (C=O) groups is 1. The molecule has 4 rings (SSSR count). The van der Waals surface area contributed by atoms with Gasteiger partial charge in [0, 0.05) is 16.6 Å². The molecule has 0 unspecified atom stereocenters. The number of nitrogens with zero attached hydrogens (tertiary/aromatic N) is 1. The fourth-order valence-electron chi connectivity index (χ4n) is 4.01. The fourth-order valence-corrected chi connectivity index (χ4v) is 4.33. The van der Waals surface area contributed by atoms with Crippen LogP contribution in [0.5, 0.6) is 17.2 Å². The summed E-state index contributed by atoms with van der Waals surface area (Å²) in [6.07, 6.45) is 0.694. The van der Waals surface area contributed by atoms with Gasteiger partial charge in [-0.2, -0.15) is 0 Å². The predicted octanol–water partition coefficient (Wildman–Crippen LogP) is 5.56. The molecule has 0 fully saturated rings. The van der Waals surface area contributed by atoms with Crippen LogP contribution in [0.3, 0.4) is 0 Å². The van der Waals surface area contributed by atoms with Crippen molar-refractivity contribution in [3.63, 3.8) is 0 Å². The van der Waals surface area contributed by atoms with Crippen molar-refractivity contribution in [3.8, 4) is 17.2 Å². The molecule has 0 radical (unpaired) electrons. The number of halogens is 2. The van der Waals surface area contributed by atoms with Crippen LogP contribution in [-0.2, 0) is 11.2 Å². The van der Waals surface area contributed by atoms with Gasteiger partial charge >= 0.3 is 0 Å². The molecule has 1 aliphatic heterocycles. The highest BCUT2D eigenvalue weighted by Gasteiger charge is 2.33. The summed E-state index contributed by atoms with van der Waals surface area (Å²) in [5, 5.41) is 1.22. The van der Waals surface area contributed by atoms with Crippen LogP contribution in [0.15, 0.2) is 60.7 Å². The van der Waals surface area contributed by atoms with E-state index in [2.05, 4.69) is 0 Å². The van der Waals surface area contributed by atoms with Gasteiger partial charge in [0.25, 0.3) is 5.91 Å². The number of benzene rings is 3. The molecule has 0 aromatic heterocycles. The second-order valence-electron chi connectivity index (χ2n) is 7.44. The molecule has 1 atom stereocenters. The third kappa shape index (κ3) is 4.64. The van der Waals surface area contributed by atoms with Crippen molar-refractivity contribution in [2.24, 2.45) is 0 Å². The molecule has 1 aliphatic rings. The van der Waals surface area contributed by atoms with Gasteiger partial charge in [0.2, 0.25) is 0 Å². The van der Waals surface area contributed by atoms with E-state index >= 15 is 0 Å². The van der Waals surface area contributed by atoms with E-state index in [1.165, 1.54) is 0 Å². The summed E-state index contributed by atoms with van der Waals surface area (Å²) < 4.78 is 16.7. The number of hydrogen-bond donors (Lipinski definition) is 0. The van der Waals surface area contributed by atoms with E-state index in [-0.39, 0.29) is 18.6 Å². The van der Waals surface area contributed by atoms with E-state index < -0.39 is 0 Å². The molecule has 7 heteroatoms. The summed E-state index contributed by atoms with van der Waals surface area (Å²) in [7, 11) is 3.22. The van der Waals surface area contributed by atoms with Crippen LogP contribution in [-0.4, -0.2) is 38.2 Å². The van der Waals surface area contributed by atoms with Crippen molar-refractivity contribution >= 4 is 29.1 Å². The van der Waals surface area contributed by atoms with Crippen molar-refractivity contribution in [2.75, 3.05) is 27.4 Å². The molecule has 0 spiro atoms. The van der Waals surface area contributed by atoms with E-state index in [0.717, 1.165) is 16.7 Å². The van der Waals surface area contributed by atoms with Gasteiger partial charge in [-0.05, 0) is 71.6 Å². The lowest BCUT2D eigenvalue weighted by molar-refractivity contribution is -0.135. The number of carbonyl (C=O) groups excluding carboxylic acids is 1. The number of amides is 1. The van der Waals surface area contributed by atoms with Gasteiger partial charge in [-0.1, -0.05) is 35.3 Å². The quantitative estimate of drug-likeness (QED) is 0.471.